The number of nitrogens with zero attached hydrogens (tertiary/aromatic N) is 2. The molecule has 3 heterocycles. The van der Waals surface area contributed by atoms with Gasteiger partial charge in [0.25, 0.3) is 0 Å². The molecule has 10 fully saturated rings. The maximum Gasteiger partial charge on any atom is 0.0628 e. The lowest BCUT2D eigenvalue weighted by molar-refractivity contribution is -0.0416. The average molecular weight is 810 g/mol. The number of hydrogen-bond donors (Lipinski definition) is 3. The predicted octanol–water partition coefficient (Wildman–Crippen LogP) is 11.8. The molecule has 16 unspecified atom stereocenters. The minimum absolute atomic E-state index is 0.431. The van der Waals surface area contributed by atoms with Gasteiger partial charge in [0.05, 0.1) is 18.5 Å². The van der Waals surface area contributed by atoms with E-state index in [4.69, 9.17) is 0 Å². The summed E-state index contributed by atoms with van der Waals surface area (Å²) in [6, 6.07) is 3.96. The third kappa shape index (κ3) is 7.34. The molecule has 0 aromatic rings. The van der Waals surface area contributed by atoms with Gasteiger partial charge in [0.1, 0.15) is 0 Å². The summed E-state index contributed by atoms with van der Waals surface area (Å²) in [6.07, 6.45) is 47.7. The van der Waals surface area contributed by atoms with Crippen molar-refractivity contribution in [3.8, 4) is 0 Å². The van der Waals surface area contributed by atoms with E-state index in [1.807, 2.05) is 0 Å². The third-order valence-corrected chi connectivity index (χ3v) is 21.8. The van der Waals surface area contributed by atoms with Crippen LogP contribution in [-0.2, 0) is 0 Å². The molecule has 0 spiro atoms. The lowest BCUT2D eigenvalue weighted by atomic mass is 9.55. The van der Waals surface area contributed by atoms with Crippen LogP contribution in [0.2, 0.25) is 0 Å². The standard InChI is InChI=1S/C54H91N5/c1-35-19-10-11-24-40(35)52-56-50(37-20-8-5-9-21-37)55-51(57-52)38-22-18-23-39(32-38)58-44-26-13-12-25-41(44)48-46(58)34-47-49(48)42-33-43(53(3)27-14-6-15-28-53)36(2)31-45(42)59(47)54(4)29-16-7-17-30-54/h18,23,35-52,55-57H,5-17,19-22,24-34H2,1-4H3/t35?,36?,38?,39?,40?,41?,42?,43?,44?,45?,46?,47-,48?,49?,50?,51?,52?/m1/s1. The zero-order valence-corrected chi connectivity index (χ0v) is 38.7. The molecule has 3 N–H and O–H groups in total. The van der Waals surface area contributed by atoms with Crippen LogP contribution in [0.3, 0.4) is 0 Å². The first-order chi connectivity index (χ1) is 28.8. The molecule has 5 heteroatoms. The van der Waals surface area contributed by atoms with Gasteiger partial charge in [0.15, 0.2) is 0 Å². The van der Waals surface area contributed by atoms with Crippen molar-refractivity contribution in [1.29, 1.82) is 0 Å². The SMILES string of the molecule is CC1CCCCC1C1NC(C2CCCCC2)NC(C2CC=CC(N3C4CCCCC4C4C5C6CC(C7(C)CCCCC7)C(C)CC6N(C6(C)CCCCC6)[C@@H]5CC43)C2)N1. The van der Waals surface area contributed by atoms with Crippen molar-refractivity contribution in [2.75, 3.05) is 0 Å². The fourth-order valence-corrected chi connectivity index (χ4v) is 19.2. The van der Waals surface area contributed by atoms with Gasteiger partial charge in [-0.3, -0.25) is 25.8 Å². The largest absolute Gasteiger partial charge is 0.291 e. The quantitative estimate of drug-likeness (QED) is 0.233. The van der Waals surface area contributed by atoms with Gasteiger partial charge in [0.2, 0.25) is 0 Å². The second-order valence-corrected chi connectivity index (χ2v) is 24.9. The Labute approximate surface area is 362 Å². The molecular formula is C54H91N5. The average Bonchev–Trinajstić information content (AvgIpc) is 3.89. The molecule has 59 heavy (non-hydrogen) atoms. The molecule has 0 amide bonds. The van der Waals surface area contributed by atoms with Crippen LogP contribution in [0, 0.1) is 64.6 Å². The lowest BCUT2D eigenvalue weighted by Gasteiger charge is -2.54. The number of nitrogens with one attached hydrogen (secondary N) is 3. The lowest BCUT2D eigenvalue weighted by Crippen LogP contribution is -2.73. The summed E-state index contributed by atoms with van der Waals surface area (Å²) in [5, 5.41) is 13.0. The molecule has 17 atom stereocenters. The molecule has 332 valence electrons. The van der Waals surface area contributed by atoms with E-state index in [-0.39, 0.29) is 0 Å². The van der Waals surface area contributed by atoms with Crippen LogP contribution >= 0.6 is 0 Å². The minimum Gasteiger partial charge on any atom is -0.291 e. The van der Waals surface area contributed by atoms with E-state index >= 15 is 0 Å². The summed E-state index contributed by atoms with van der Waals surface area (Å²) >= 11 is 0. The summed E-state index contributed by atoms with van der Waals surface area (Å²) in [7, 11) is 0. The molecule has 3 aliphatic heterocycles. The smallest absolute Gasteiger partial charge is 0.0628 e. The van der Waals surface area contributed by atoms with Crippen LogP contribution in [0.4, 0.5) is 0 Å². The summed E-state index contributed by atoms with van der Waals surface area (Å²) in [6.45, 7) is 10.9. The molecule has 3 saturated heterocycles. The van der Waals surface area contributed by atoms with Crippen molar-refractivity contribution < 1.29 is 0 Å². The van der Waals surface area contributed by atoms with Gasteiger partial charge < -0.3 is 0 Å². The third-order valence-electron chi connectivity index (χ3n) is 21.8. The molecule has 11 aliphatic rings. The van der Waals surface area contributed by atoms with Crippen molar-refractivity contribution in [3.05, 3.63) is 12.2 Å². The molecule has 11 rings (SSSR count). The Morgan fingerprint density at radius 3 is 1.88 bits per heavy atom. The Hall–Kier alpha value is -0.460. The van der Waals surface area contributed by atoms with E-state index in [1.165, 1.54) is 173 Å². The van der Waals surface area contributed by atoms with E-state index in [9.17, 15) is 0 Å². The van der Waals surface area contributed by atoms with Gasteiger partial charge in [-0.15, -0.1) is 0 Å². The molecule has 7 saturated carbocycles. The Bertz CT molecular complexity index is 1460. The normalized spacial score (nSPS) is 50.5. The van der Waals surface area contributed by atoms with E-state index in [2.05, 4.69) is 65.6 Å². The molecular weight excluding hydrogens is 719 g/mol. The van der Waals surface area contributed by atoms with Gasteiger partial charge in [-0.1, -0.05) is 123 Å². The van der Waals surface area contributed by atoms with Crippen molar-refractivity contribution >= 4 is 0 Å². The molecule has 0 aromatic carbocycles. The van der Waals surface area contributed by atoms with Gasteiger partial charge in [-0.2, -0.15) is 0 Å². The number of allylic oxidation sites excluding steroid dienone is 1. The highest BCUT2D eigenvalue weighted by Gasteiger charge is 2.68. The summed E-state index contributed by atoms with van der Waals surface area (Å²) in [4.78, 5) is 6.73. The summed E-state index contributed by atoms with van der Waals surface area (Å²) in [5.74, 6) is 8.72. The Balaban J connectivity index is 0.885. The van der Waals surface area contributed by atoms with E-state index < -0.39 is 0 Å². The van der Waals surface area contributed by atoms with Crippen molar-refractivity contribution in [2.24, 2.45) is 64.6 Å². The van der Waals surface area contributed by atoms with Crippen LogP contribution in [0.1, 0.15) is 207 Å². The summed E-state index contributed by atoms with van der Waals surface area (Å²) < 4.78 is 0. The minimum atomic E-state index is 0.431. The molecule has 0 bridgehead atoms. The van der Waals surface area contributed by atoms with Crippen LogP contribution in [0.15, 0.2) is 12.2 Å². The van der Waals surface area contributed by atoms with Crippen LogP contribution in [0.25, 0.3) is 0 Å². The first-order valence-corrected chi connectivity index (χ1v) is 27.3. The maximum atomic E-state index is 4.37. The van der Waals surface area contributed by atoms with Gasteiger partial charge >= 0.3 is 0 Å². The fraction of sp³-hybridized carbons (Fsp3) is 0.963. The zero-order chi connectivity index (χ0) is 39.9. The van der Waals surface area contributed by atoms with E-state index in [0.29, 0.717) is 41.4 Å². The highest BCUT2D eigenvalue weighted by atomic mass is 15.4. The topological polar surface area (TPSA) is 42.6 Å². The summed E-state index contributed by atoms with van der Waals surface area (Å²) in [5.41, 5.74) is 1.02. The molecule has 8 aliphatic carbocycles. The maximum absolute atomic E-state index is 4.37. The second-order valence-electron chi connectivity index (χ2n) is 24.9. The highest BCUT2D eigenvalue weighted by molar-refractivity contribution is 5.22. The zero-order valence-electron chi connectivity index (χ0n) is 38.7. The Morgan fingerprint density at radius 1 is 0.492 bits per heavy atom. The first-order valence-electron chi connectivity index (χ1n) is 27.3. The van der Waals surface area contributed by atoms with Crippen LogP contribution in [-0.4, -0.2) is 64.0 Å². The van der Waals surface area contributed by atoms with Crippen molar-refractivity contribution in [3.63, 3.8) is 0 Å². The number of fused-ring (bicyclic) bond motifs is 7. The Morgan fingerprint density at radius 2 is 1.12 bits per heavy atom. The van der Waals surface area contributed by atoms with Gasteiger partial charge in [0, 0.05) is 35.7 Å². The fourth-order valence-electron chi connectivity index (χ4n) is 19.2. The number of rotatable bonds is 6. The van der Waals surface area contributed by atoms with E-state index in [1.54, 1.807) is 6.42 Å². The van der Waals surface area contributed by atoms with Gasteiger partial charge in [-0.25, -0.2) is 0 Å². The van der Waals surface area contributed by atoms with E-state index in [0.717, 1.165) is 77.4 Å². The van der Waals surface area contributed by atoms with Crippen molar-refractivity contribution in [2.45, 2.75) is 262 Å². The Kier molecular flexibility index (Phi) is 11.8. The van der Waals surface area contributed by atoms with Gasteiger partial charge in [-0.05, 0) is 161 Å². The monoisotopic (exact) mass is 810 g/mol. The second kappa shape index (κ2) is 16.8. The predicted molar refractivity (Wildman–Crippen MR) is 245 cm³/mol. The first kappa shape index (κ1) is 41.3. The van der Waals surface area contributed by atoms with Crippen LogP contribution in [0.5, 0.6) is 0 Å². The highest BCUT2D eigenvalue weighted by Crippen LogP contribution is 2.66. The number of hydrogen-bond acceptors (Lipinski definition) is 5. The van der Waals surface area contributed by atoms with Crippen molar-refractivity contribution in [1.82, 2.24) is 25.8 Å². The molecule has 0 radical (unpaired) electrons. The molecule has 0 aromatic heterocycles. The molecule has 5 nitrogen and oxygen atoms in total. The number of likely N-dealkylation sites (tertiary alicyclic amines) is 2. The van der Waals surface area contributed by atoms with Crippen LogP contribution < -0.4 is 16.0 Å².